The molecule has 0 bridgehead atoms. The van der Waals surface area contributed by atoms with Crippen LogP contribution < -0.4 is 5.32 Å². The zero-order valence-corrected chi connectivity index (χ0v) is 15.3. The molecular formula is C17H22N2O5S. The normalized spacial score (nSPS) is 31.5. The van der Waals surface area contributed by atoms with Crippen molar-refractivity contribution in [1.82, 2.24) is 10.2 Å². The molecule has 0 spiro atoms. The van der Waals surface area contributed by atoms with Crippen molar-refractivity contribution in [3.05, 3.63) is 24.2 Å². The maximum Gasteiger partial charge on any atom is 0.327 e. The second-order valence-corrected chi connectivity index (χ2v) is 7.30. The van der Waals surface area contributed by atoms with Gasteiger partial charge >= 0.3 is 5.97 Å². The van der Waals surface area contributed by atoms with Gasteiger partial charge in [0, 0.05) is 7.05 Å². The maximum atomic E-state index is 12.9. The summed E-state index contributed by atoms with van der Waals surface area (Å²) in [5.41, 5.74) is -1.22. The standard InChI is InChI=1S/C17H22N2O5S/c1-4-23-16(22)17(7-9-25-3)12-11(14(20)19(2)15(12)21)13(18-17)10-6-5-8-24-10/h5-6,8,11-13,18H,4,7,9H2,1-3H3/t11-,12+,13-,17-/m0/s1. The minimum atomic E-state index is -1.22. The van der Waals surface area contributed by atoms with E-state index in [1.807, 2.05) is 6.26 Å². The molecule has 0 aliphatic carbocycles. The van der Waals surface area contributed by atoms with Crippen LogP contribution >= 0.6 is 11.8 Å². The SMILES string of the molecule is CCOC(=O)[C@@]1(CCSC)N[C@@H](c2ccco2)[C@H]2C(=O)N(C)C(=O)[C@@H]21. The van der Waals surface area contributed by atoms with E-state index in [0.29, 0.717) is 17.9 Å². The number of nitrogens with zero attached hydrogens (tertiary/aromatic N) is 1. The first-order valence-electron chi connectivity index (χ1n) is 8.26. The fourth-order valence-electron chi connectivity index (χ4n) is 3.90. The monoisotopic (exact) mass is 366 g/mol. The summed E-state index contributed by atoms with van der Waals surface area (Å²) in [4.78, 5) is 39.5. The average molecular weight is 366 g/mol. The number of thioether (sulfide) groups is 1. The van der Waals surface area contributed by atoms with Crippen LogP contribution in [0.4, 0.5) is 0 Å². The summed E-state index contributed by atoms with van der Waals surface area (Å²) < 4.78 is 10.8. The van der Waals surface area contributed by atoms with Gasteiger partial charge in [0.15, 0.2) is 0 Å². The number of esters is 1. The zero-order valence-electron chi connectivity index (χ0n) is 14.5. The van der Waals surface area contributed by atoms with Crippen molar-refractivity contribution in [2.75, 3.05) is 25.7 Å². The van der Waals surface area contributed by atoms with Crippen LogP contribution in [-0.2, 0) is 19.1 Å². The van der Waals surface area contributed by atoms with Crippen LogP contribution in [0.15, 0.2) is 22.8 Å². The number of fused-ring (bicyclic) bond motifs is 1. The number of nitrogens with one attached hydrogen (secondary N) is 1. The molecule has 3 rings (SSSR count). The molecule has 0 radical (unpaired) electrons. The summed E-state index contributed by atoms with van der Waals surface area (Å²) in [5.74, 6) is -1.37. The van der Waals surface area contributed by atoms with Crippen LogP contribution in [0.2, 0.25) is 0 Å². The van der Waals surface area contributed by atoms with Gasteiger partial charge in [0.1, 0.15) is 11.3 Å². The molecule has 2 amide bonds. The summed E-state index contributed by atoms with van der Waals surface area (Å²) in [5, 5.41) is 3.26. The van der Waals surface area contributed by atoms with Crippen molar-refractivity contribution in [2.45, 2.75) is 24.9 Å². The number of amides is 2. The summed E-state index contributed by atoms with van der Waals surface area (Å²) in [6.07, 6.45) is 3.85. The molecule has 4 atom stereocenters. The molecule has 136 valence electrons. The number of imide groups is 1. The number of ether oxygens (including phenoxy) is 1. The van der Waals surface area contributed by atoms with E-state index >= 15 is 0 Å². The summed E-state index contributed by atoms with van der Waals surface area (Å²) in [7, 11) is 1.46. The second kappa shape index (κ2) is 6.84. The molecule has 0 unspecified atom stereocenters. The van der Waals surface area contributed by atoms with Gasteiger partial charge < -0.3 is 9.15 Å². The third kappa shape index (κ3) is 2.67. The van der Waals surface area contributed by atoms with Crippen molar-refractivity contribution in [2.24, 2.45) is 11.8 Å². The van der Waals surface area contributed by atoms with Crippen LogP contribution in [0.1, 0.15) is 25.1 Å². The smallest absolute Gasteiger partial charge is 0.327 e. The average Bonchev–Trinajstić information content (AvgIpc) is 3.28. The van der Waals surface area contributed by atoms with Crippen molar-refractivity contribution in [3.8, 4) is 0 Å². The Morgan fingerprint density at radius 1 is 1.44 bits per heavy atom. The Morgan fingerprint density at radius 3 is 2.80 bits per heavy atom. The minimum Gasteiger partial charge on any atom is -0.468 e. The molecule has 0 aromatic carbocycles. The van der Waals surface area contributed by atoms with Gasteiger partial charge in [-0.2, -0.15) is 11.8 Å². The highest BCUT2D eigenvalue weighted by Gasteiger charge is 2.68. The lowest BCUT2D eigenvalue weighted by atomic mass is 9.78. The summed E-state index contributed by atoms with van der Waals surface area (Å²) >= 11 is 1.58. The van der Waals surface area contributed by atoms with Gasteiger partial charge in [-0.05, 0) is 37.5 Å². The first-order chi connectivity index (χ1) is 12.0. The Labute approximate surface area is 150 Å². The molecule has 25 heavy (non-hydrogen) atoms. The first kappa shape index (κ1) is 18.0. The van der Waals surface area contributed by atoms with E-state index in [4.69, 9.17) is 9.15 Å². The van der Waals surface area contributed by atoms with E-state index in [1.54, 1.807) is 30.8 Å². The number of hydrogen-bond acceptors (Lipinski definition) is 7. The molecule has 2 aliphatic heterocycles. The molecule has 2 fully saturated rings. The second-order valence-electron chi connectivity index (χ2n) is 6.31. The van der Waals surface area contributed by atoms with Crippen LogP contribution in [0.25, 0.3) is 0 Å². The molecule has 3 heterocycles. The Balaban J connectivity index is 2.09. The van der Waals surface area contributed by atoms with Crippen LogP contribution in [0.3, 0.4) is 0 Å². The van der Waals surface area contributed by atoms with Crippen molar-refractivity contribution in [1.29, 1.82) is 0 Å². The third-order valence-corrected chi connectivity index (χ3v) is 5.68. The maximum absolute atomic E-state index is 12.9. The molecule has 1 aromatic rings. The van der Waals surface area contributed by atoms with E-state index in [0.717, 1.165) is 4.90 Å². The highest BCUT2D eigenvalue weighted by Crippen LogP contribution is 2.50. The predicted octanol–water partition coefficient (Wildman–Crippen LogP) is 1.21. The minimum absolute atomic E-state index is 0.211. The van der Waals surface area contributed by atoms with Gasteiger partial charge in [0.2, 0.25) is 11.8 Å². The Kier molecular flexibility index (Phi) is 4.92. The molecular weight excluding hydrogens is 344 g/mol. The fourth-order valence-corrected chi connectivity index (χ4v) is 4.43. The van der Waals surface area contributed by atoms with E-state index < -0.39 is 29.4 Å². The van der Waals surface area contributed by atoms with Crippen molar-refractivity contribution < 1.29 is 23.5 Å². The van der Waals surface area contributed by atoms with Gasteiger partial charge in [0.05, 0.1) is 30.7 Å². The number of likely N-dealkylation sites (tertiary alicyclic amines) is 1. The zero-order chi connectivity index (χ0) is 18.2. The van der Waals surface area contributed by atoms with Gasteiger partial charge in [-0.15, -0.1) is 0 Å². The highest BCUT2D eigenvalue weighted by molar-refractivity contribution is 7.98. The molecule has 0 saturated carbocycles. The molecule has 1 N–H and O–H groups in total. The van der Waals surface area contributed by atoms with Gasteiger partial charge in [-0.1, -0.05) is 0 Å². The first-order valence-corrected chi connectivity index (χ1v) is 9.66. The Hall–Kier alpha value is -1.80. The number of furan rings is 1. The summed E-state index contributed by atoms with van der Waals surface area (Å²) in [6.45, 7) is 1.94. The summed E-state index contributed by atoms with van der Waals surface area (Å²) in [6, 6.07) is 2.94. The quantitative estimate of drug-likeness (QED) is 0.598. The largest absolute Gasteiger partial charge is 0.468 e. The van der Waals surface area contributed by atoms with Crippen LogP contribution in [0, 0.1) is 11.8 Å². The van der Waals surface area contributed by atoms with E-state index in [1.165, 1.54) is 13.3 Å². The lowest BCUT2D eigenvalue weighted by molar-refractivity contribution is -0.156. The molecule has 2 aliphatic rings. The molecule has 7 nitrogen and oxygen atoms in total. The fraction of sp³-hybridized carbons (Fsp3) is 0.588. The molecule has 2 saturated heterocycles. The van der Waals surface area contributed by atoms with E-state index in [-0.39, 0.29) is 18.4 Å². The van der Waals surface area contributed by atoms with Gasteiger partial charge in [0.25, 0.3) is 0 Å². The van der Waals surface area contributed by atoms with Gasteiger partial charge in [-0.3, -0.25) is 24.6 Å². The van der Waals surface area contributed by atoms with E-state index in [2.05, 4.69) is 5.32 Å². The number of hydrogen-bond donors (Lipinski definition) is 1. The number of rotatable bonds is 6. The van der Waals surface area contributed by atoms with E-state index in [9.17, 15) is 14.4 Å². The highest BCUT2D eigenvalue weighted by atomic mass is 32.2. The lowest BCUT2D eigenvalue weighted by Gasteiger charge is -2.32. The topological polar surface area (TPSA) is 88.8 Å². The molecule has 8 heteroatoms. The number of carbonyl (C=O) groups is 3. The number of carbonyl (C=O) groups excluding carboxylic acids is 3. The lowest BCUT2D eigenvalue weighted by Crippen LogP contribution is -2.56. The Bertz CT molecular complexity index is 677. The predicted molar refractivity (Wildman–Crippen MR) is 91.7 cm³/mol. The van der Waals surface area contributed by atoms with Crippen molar-refractivity contribution in [3.63, 3.8) is 0 Å². The van der Waals surface area contributed by atoms with Crippen LogP contribution in [-0.4, -0.2) is 53.9 Å². The van der Waals surface area contributed by atoms with Crippen LogP contribution in [0.5, 0.6) is 0 Å². The third-order valence-electron chi connectivity index (χ3n) is 5.06. The Morgan fingerprint density at radius 2 is 2.20 bits per heavy atom. The van der Waals surface area contributed by atoms with Crippen molar-refractivity contribution >= 4 is 29.5 Å². The van der Waals surface area contributed by atoms with Gasteiger partial charge in [-0.25, -0.2) is 0 Å². The molecule has 1 aromatic heterocycles.